The highest BCUT2D eigenvalue weighted by Gasteiger charge is 2.18. The van der Waals surface area contributed by atoms with Crippen LogP contribution in [0.2, 0.25) is 0 Å². The number of nitriles is 1. The van der Waals surface area contributed by atoms with Gasteiger partial charge in [-0.05, 0) is 31.4 Å². The molecule has 0 amide bonds. The summed E-state index contributed by atoms with van der Waals surface area (Å²) in [6, 6.07) is 7.72. The Hall–Kier alpha value is -1.73. The molecule has 0 aliphatic carbocycles. The van der Waals surface area contributed by atoms with Crippen molar-refractivity contribution in [3.8, 4) is 17.6 Å². The first kappa shape index (κ1) is 13.3. The van der Waals surface area contributed by atoms with Crippen molar-refractivity contribution in [2.24, 2.45) is 5.73 Å². The molecule has 0 aliphatic rings. The molecule has 2 N–H and O–H groups in total. The van der Waals surface area contributed by atoms with Gasteiger partial charge in [0.25, 0.3) is 0 Å². The predicted molar refractivity (Wildman–Crippen MR) is 66.1 cm³/mol. The molecule has 0 radical (unpaired) electrons. The fourth-order valence-electron chi connectivity index (χ4n) is 1.51. The Bertz CT molecular complexity index is 422. The van der Waals surface area contributed by atoms with E-state index in [9.17, 15) is 0 Å². The van der Waals surface area contributed by atoms with Crippen molar-refractivity contribution in [2.75, 3.05) is 14.2 Å². The van der Waals surface area contributed by atoms with Gasteiger partial charge in [0, 0.05) is 6.07 Å². The van der Waals surface area contributed by atoms with Crippen LogP contribution in [0, 0.1) is 11.3 Å². The molecule has 1 unspecified atom stereocenters. The van der Waals surface area contributed by atoms with Crippen LogP contribution >= 0.6 is 0 Å². The summed E-state index contributed by atoms with van der Waals surface area (Å²) >= 11 is 0. The highest BCUT2D eigenvalue weighted by Crippen LogP contribution is 2.26. The third kappa shape index (κ3) is 3.65. The number of rotatable bonds is 5. The Labute approximate surface area is 102 Å². The molecule has 1 atom stereocenters. The van der Waals surface area contributed by atoms with E-state index >= 15 is 0 Å². The Balaban J connectivity index is 2.81. The first-order chi connectivity index (χ1) is 8.02. The molecule has 0 spiro atoms. The van der Waals surface area contributed by atoms with Gasteiger partial charge in [-0.1, -0.05) is 6.07 Å². The van der Waals surface area contributed by atoms with Crippen LogP contribution in [-0.4, -0.2) is 19.8 Å². The summed E-state index contributed by atoms with van der Waals surface area (Å²) in [6.45, 7) is 1.73. The average molecular weight is 234 g/mol. The first-order valence-electron chi connectivity index (χ1n) is 5.43. The summed E-state index contributed by atoms with van der Waals surface area (Å²) < 4.78 is 10.4. The molecule has 0 aromatic heterocycles. The number of aryl methyl sites for hydroxylation is 1. The minimum atomic E-state index is -0.801. The normalized spacial score (nSPS) is 13.6. The van der Waals surface area contributed by atoms with Crippen LogP contribution in [-0.2, 0) is 6.42 Å². The summed E-state index contributed by atoms with van der Waals surface area (Å²) in [5.41, 5.74) is 6.01. The zero-order valence-electron chi connectivity index (χ0n) is 10.5. The van der Waals surface area contributed by atoms with Crippen molar-refractivity contribution in [1.29, 1.82) is 5.26 Å². The molecule has 0 bridgehead atoms. The van der Waals surface area contributed by atoms with Crippen LogP contribution in [0.25, 0.3) is 0 Å². The molecule has 4 heteroatoms. The summed E-state index contributed by atoms with van der Waals surface area (Å²) in [6.07, 6.45) is 1.29. The van der Waals surface area contributed by atoms with Crippen LogP contribution in [0.15, 0.2) is 18.2 Å². The lowest BCUT2D eigenvalue weighted by Gasteiger charge is -2.16. The second-order valence-electron chi connectivity index (χ2n) is 4.21. The topological polar surface area (TPSA) is 68.3 Å². The summed E-state index contributed by atoms with van der Waals surface area (Å²) in [4.78, 5) is 0. The molecular weight excluding hydrogens is 216 g/mol. The molecule has 0 heterocycles. The van der Waals surface area contributed by atoms with E-state index in [0.29, 0.717) is 12.8 Å². The number of ether oxygens (including phenoxy) is 2. The number of nitrogens with zero attached hydrogens (tertiary/aromatic N) is 1. The SMILES string of the molecule is COc1ccc(CCC(C)(N)C#N)c(OC)c1. The predicted octanol–water partition coefficient (Wildman–Crippen LogP) is 1.88. The second-order valence-corrected chi connectivity index (χ2v) is 4.21. The van der Waals surface area contributed by atoms with E-state index in [-0.39, 0.29) is 0 Å². The maximum atomic E-state index is 8.85. The third-order valence-electron chi connectivity index (χ3n) is 2.66. The molecule has 1 aromatic carbocycles. The molecule has 0 saturated carbocycles. The maximum Gasteiger partial charge on any atom is 0.125 e. The fraction of sp³-hybridized carbons (Fsp3) is 0.462. The number of benzene rings is 1. The minimum absolute atomic E-state index is 0.589. The smallest absolute Gasteiger partial charge is 0.125 e. The van der Waals surface area contributed by atoms with Gasteiger partial charge < -0.3 is 15.2 Å². The summed E-state index contributed by atoms with van der Waals surface area (Å²) in [7, 11) is 3.23. The molecule has 17 heavy (non-hydrogen) atoms. The molecule has 0 fully saturated rings. The number of hydrogen-bond donors (Lipinski definition) is 1. The van der Waals surface area contributed by atoms with Gasteiger partial charge in [-0.3, -0.25) is 0 Å². The number of hydrogen-bond acceptors (Lipinski definition) is 4. The van der Waals surface area contributed by atoms with Crippen molar-refractivity contribution in [3.05, 3.63) is 23.8 Å². The summed E-state index contributed by atoms with van der Waals surface area (Å²) in [5, 5.41) is 8.85. The largest absolute Gasteiger partial charge is 0.497 e. The van der Waals surface area contributed by atoms with Gasteiger partial charge in [-0.25, -0.2) is 0 Å². The Kier molecular flexibility index (Phi) is 4.36. The lowest BCUT2D eigenvalue weighted by Crippen LogP contribution is -2.34. The highest BCUT2D eigenvalue weighted by molar-refractivity contribution is 5.41. The monoisotopic (exact) mass is 234 g/mol. The van der Waals surface area contributed by atoms with E-state index in [1.54, 1.807) is 21.1 Å². The molecule has 1 rings (SSSR count). The van der Waals surface area contributed by atoms with E-state index in [1.807, 2.05) is 18.2 Å². The van der Waals surface area contributed by atoms with Gasteiger partial charge in [0.2, 0.25) is 0 Å². The van der Waals surface area contributed by atoms with Gasteiger partial charge in [0.1, 0.15) is 17.0 Å². The lowest BCUT2D eigenvalue weighted by atomic mass is 9.95. The minimum Gasteiger partial charge on any atom is -0.497 e. The van der Waals surface area contributed by atoms with E-state index < -0.39 is 5.54 Å². The van der Waals surface area contributed by atoms with Gasteiger partial charge in [0.15, 0.2) is 0 Å². The van der Waals surface area contributed by atoms with Crippen LogP contribution < -0.4 is 15.2 Å². The molecule has 0 aliphatic heterocycles. The quantitative estimate of drug-likeness (QED) is 0.844. The van der Waals surface area contributed by atoms with Crippen molar-refractivity contribution < 1.29 is 9.47 Å². The van der Waals surface area contributed by atoms with Crippen molar-refractivity contribution >= 4 is 0 Å². The standard InChI is InChI=1S/C13H18N2O2/c1-13(15,9-14)7-6-10-4-5-11(16-2)8-12(10)17-3/h4-5,8H,6-7,15H2,1-3H3. The number of methoxy groups -OCH3 is 2. The first-order valence-corrected chi connectivity index (χ1v) is 5.43. The van der Waals surface area contributed by atoms with E-state index in [0.717, 1.165) is 17.1 Å². The highest BCUT2D eigenvalue weighted by atomic mass is 16.5. The second kappa shape index (κ2) is 5.55. The average Bonchev–Trinajstić information content (AvgIpc) is 2.36. The Morgan fingerprint density at radius 2 is 2.06 bits per heavy atom. The fourth-order valence-corrected chi connectivity index (χ4v) is 1.51. The Morgan fingerprint density at radius 3 is 2.59 bits per heavy atom. The van der Waals surface area contributed by atoms with E-state index in [4.69, 9.17) is 20.5 Å². The van der Waals surface area contributed by atoms with Crippen LogP contribution in [0.5, 0.6) is 11.5 Å². The Morgan fingerprint density at radius 1 is 1.35 bits per heavy atom. The zero-order chi connectivity index (χ0) is 12.9. The van der Waals surface area contributed by atoms with Crippen LogP contribution in [0.1, 0.15) is 18.9 Å². The summed E-state index contributed by atoms with van der Waals surface area (Å²) in [5.74, 6) is 1.51. The van der Waals surface area contributed by atoms with E-state index in [1.165, 1.54) is 0 Å². The van der Waals surface area contributed by atoms with Crippen molar-refractivity contribution in [1.82, 2.24) is 0 Å². The van der Waals surface area contributed by atoms with Crippen LogP contribution in [0.4, 0.5) is 0 Å². The van der Waals surface area contributed by atoms with Gasteiger partial charge in [-0.2, -0.15) is 5.26 Å². The molecule has 92 valence electrons. The zero-order valence-corrected chi connectivity index (χ0v) is 10.5. The third-order valence-corrected chi connectivity index (χ3v) is 2.66. The molecule has 4 nitrogen and oxygen atoms in total. The van der Waals surface area contributed by atoms with Crippen molar-refractivity contribution in [3.63, 3.8) is 0 Å². The molecular formula is C13H18N2O2. The molecule has 0 saturated heterocycles. The maximum absolute atomic E-state index is 8.85. The van der Waals surface area contributed by atoms with E-state index in [2.05, 4.69) is 6.07 Å². The lowest BCUT2D eigenvalue weighted by molar-refractivity contribution is 0.389. The van der Waals surface area contributed by atoms with Crippen LogP contribution in [0.3, 0.4) is 0 Å². The molecule has 1 aromatic rings. The van der Waals surface area contributed by atoms with Gasteiger partial charge >= 0.3 is 0 Å². The van der Waals surface area contributed by atoms with Gasteiger partial charge in [-0.15, -0.1) is 0 Å². The van der Waals surface area contributed by atoms with Gasteiger partial charge in [0.05, 0.1) is 20.3 Å². The number of nitrogens with two attached hydrogens (primary N) is 1. The van der Waals surface area contributed by atoms with Crippen molar-refractivity contribution in [2.45, 2.75) is 25.3 Å².